The summed E-state index contributed by atoms with van der Waals surface area (Å²) >= 11 is 0. The molecular weight excluding hydrogens is 417 g/mol. The van der Waals surface area contributed by atoms with Crippen molar-refractivity contribution >= 4 is 28.5 Å². The van der Waals surface area contributed by atoms with E-state index in [1.54, 1.807) is 10.9 Å². The molecule has 1 N–H and O–H groups in total. The maximum atomic E-state index is 12.9. The van der Waals surface area contributed by atoms with Crippen LogP contribution in [0.5, 0.6) is 0 Å². The number of hydrogen-bond donors (Lipinski definition) is 1. The predicted molar refractivity (Wildman–Crippen MR) is 103 cm³/mol. The second-order valence-corrected chi connectivity index (χ2v) is 6.93. The van der Waals surface area contributed by atoms with Gasteiger partial charge in [-0.05, 0) is 30.7 Å². The van der Waals surface area contributed by atoms with Crippen LogP contribution in [0, 0.1) is 0 Å². The van der Waals surface area contributed by atoms with E-state index in [4.69, 9.17) is 9.47 Å². The van der Waals surface area contributed by atoms with E-state index in [1.807, 2.05) is 0 Å². The fourth-order valence-electron chi connectivity index (χ4n) is 3.30. The van der Waals surface area contributed by atoms with Gasteiger partial charge in [-0.2, -0.15) is 18.3 Å². The van der Waals surface area contributed by atoms with Crippen molar-refractivity contribution in [2.75, 3.05) is 25.6 Å². The average molecular weight is 434 g/mol. The number of methoxy groups -OCH3 is 1. The number of fused-ring (bicyclic) bond motifs is 1. The number of nitrogens with zero attached hydrogens (tertiary/aromatic N) is 3. The average Bonchev–Trinajstić information content (AvgIpc) is 3.41. The van der Waals surface area contributed by atoms with Crippen LogP contribution >= 0.6 is 0 Å². The van der Waals surface area contributed by atoms with Gasteiger partial charge in [0.05, 0.1) is 36.5 Å². The maximum Gasteiger partial charge on any atom is 0.433 e. The number of ether oxygens (including phenoxy) is 2. The lowest BCUT2D eigenvalue weighted by Crippen LogP contribution is -2.18. The zero-order valence-electron chi connectivity index (χ0n) is 16.3. The van der Waals surface area contributed by atoms with Gasteiger partial charge in [0.1, 0.15) is 11.4 Å². The van der Waals surface area contributed by atoms with Crippen LogP contribution in [-0.2, 0) is 15.7 Å². The second kappa shape index (κ2) is 7.99. The Morgan fingerprint density at radius 2 is 2.10 bits per heavy atom. The predicted octanol–water partition coefficient (Wildman–Crippen LogP) is 3.45. The molecule has 1 atom stereocenters. The molecule has 1 fully saturated rings. The number of amides is 1. The summed E-state index contributed by atoms with van der Waals surface area (Å²) in [7, 11) is 1.18. The second-order valence-electron chi connectivity index (χ2n) is 6.93. The highest BCUT2D eigenvalue weighted by Gasteiger charge is 2.33. The van der Waals surface area contributed by atoms with Gasteiger partial charge in [0.25, 0.3) is 5.91 Å². The standard InChI is InChI=1S/C20H17F3N4O4/c1-30-19(29)13-8-15-11(9-27(26-15)12-5-6-31-10-12)7-16(13)25-18(28)14-3-2-4-17(24-14)20(21,22)23/h2-4,7-9,12H,5-6,10H2,1H3,(H,25,28)/t12-/m0/s1. The molecule has 0 unspecified atom stereocenters. The number of alkyl halides is 3. The van der Waals surface area contributed by atoms with Crippen LogP contribution in [0.3, 0.4) is 0 Å². The first-order chi connectivity index (χ1) is 14.8. The van der Waals surface area contributed by atoms with Crippen LogP contribution in [0.15, 0.2) is 36.5 Å². The van der Waals surface area contributed by atoms with E-state index >= 15 is 0 Å². The van der Waals surface area contributed by atoms with E-state index in [0.29, 0.717) is 24.1 Å². The Bertz CT molecular complexity index is 1150. The number of nitrogens with one attached hydrogen (secondary N) is 1. The minimum absolute atomic E-state index is 0.0169. The lowest BCUT2D eigenvalue weighted by molar-refractivity contribution is -0.141. The molecule has 11 heteroatoms. The Morgan fingerprint density at radius 1 is 1.29 bits per heavy atom. The fraction of sp³-hybridized carbons (Fsp3) is 0.300. The fourth-order valence-corrected chi connectivity index (χ4v) is 3.30. The molecule has 1 aromatic carbocycles. The summed E-state index contributed by atoms with van der Waals surface area (Å²) in [4.78, 5) is 28.2. The molecule has 0 aliphatic carbocycles. The Balaban J connectivity index is 1.69. The quantitative estimate of drug-likeness (QED) is 0.632. The first kappa shape index (κ1) is 20.8. The molecular formula is C20H17F3N4O4. The first-order valence-electron chi connectivity index (χ1n) is 9.31. The van der Waals surface area contributed by atoms with Crippen molar-refractivity contribution < 1.29 is 32.2 Å². The Labute approximate surface area is 174 Å². The number of halogens is 3. The van der Waals surface area contributed by atoms with E-state index in [0.717, 1.165) is 24.6 Å². The number of benzene rings is 1. The molecule has 3 aromatic rings. The Kier molecular flexibility index (Phi) is 5.36. The summed E-state index contributed by atoms with van der Waals surface area (Å²) in [6.07, 6.45) is -2.14. The largest absolute Gasteiger partial charge is 0.465 e. The molecule has 162 valence electrons. The van der Waals surface area contributed by atoms with Crippen molar-refractivity contribution in [3.8, 4) is 0 Å². The number of carbonyl (C=O) groups excluding carboxylic acids is 2. The molecule has 2 aromatic heterocycles. The molecule has 1 amide bonds. The van der Waals surface area contributed by atoms with Crippen LogP contribution in [0.1, 0.15) is 39.0 Å². The number of anilines is 1. The third-order valence-corrected chi connectivity index (χ3v) is 4.87. The summed E-state index contributed by atoms with van der Waals surface area (Å²) < 4.78 is 50.6. The van der Waals surface area contributed by atoms with Gasteiger partial charge in [0, 0.05) is 18.2 Å². The first-order valence-corrected chi connectivity index (χ1v) is 9.31. The molecule has 0 spiro atoms. The highest BCUT2D eigenvalue weighted by atomic mass is 19.4. The highest BCUT2D eigenvalue weighted by molar-refractivity contribution is 6.09. The third-order valence-electron chi connectivity index (χ3n) is 4.87. The monoisotopic (exact) mass is 434 g/mol. The van der Waals surface area contributed by atoms with E-state index in [2.05, 4.69) is 15.4 Å². The van der Waals surface area contributed by atoms with Crippen molar-refractivity contribution in [3.05, 3.63) is 53.5 Å². The van der Waals surface area contributed by atoms with Gasteiger partial charge in [0.2, 0.25) is 0 Å². The number of aromatic nitrogens is 3. The van der Waals surface area contributed by atoms with Crippen LogP contribution in [0.4, 0.5) is 18.9 Å². The van der Waals surface area contributed by atoms with Crippen molar-refractivity contribution in [1.82, 2.24) is 14.8 Å². The van der Waals surface area contributed by atoms with Gasteiger partial charge in [-0.15, -0.1) is 0 Å². The van der Waals surface area contributed by atoms with E-state index in [9.17, 15) is 22.8 Å². The lowest BCUT2D eigenvalue weighted by Gasteiger charge is -2.11. The number of hydrogen-bond acceptors (Lipinski definition) is 6. The van der Waals surface area contributed by atoms with Crippen LogP contribution < -0.4 is 5.32 Å². The van der Waals surface area contributed by atoms with Gasteiger partial charge >= 0.3 is 12.1 Å². The van der Waals surface area contributed by atoms with E-state index in [1.165, 1.54) is 19.2 Å². The van der Waals surface area contributed by atoms with Gasteiger partial charge in [-0.1, -0.05) is 6.07 Å². The highest BCUT2D eigenvalue weighted by Crippen LogP contribution is 2.29. The van der Waals surface area contributed by atoms with Crippen molar-refractivity contribution in [2.45, 2.75) is 18.6 Å². The zero-order valence-corrected chi connectivity index (χ0v) is 16.3. The van der Waals surface area contributed by atoms with Crippen molar-refractivity contribution in [2.24, 2.45) is 0 Å². The molecule has 0 radical (unpaired) electrons. The number of esters is 1. The molecule has 31 heavy (non-hydrogen) atoms. The molecule has 0 bridgehead atoms. The van der Waals surface area contributed by atoms with Crippen LogP contribution in [0.25, 0.3) is 10.9 Å². The number of carbonyl (C=O) groups is 2. The minimum atomic E-state index is -4.69. The Hall–Kier alpha value is -3.47. The van der Waals surface area contributed by atoms with Crippen molar-refractivity contribution in [1.29, 1.82) is 0 Å². The summed E-state index contributed by atoms with van der Waals surface area (Å²) in [6, 6.07) is 6.04. The molecule has 0 saturated carbocycles. The summed E-state index contributed by atoms with van der Waals surface area (Å²) in [6.45, 7) is 1.14. The third kappa shape index (κ3) is 4.22. The van der Waals surface area contributed by atoms with Gasteiger partial charge < -0.3 is 14.8 Å². The smallest absolute Gasteiger partial charge is 0.433 e. The van der Waals surface area contributed by atoms with Gasteiger partial charge in [-0.3, -0.25) is 9.48 Å². The minimum Gasteiger partial charge on any atom is -0.465 e. The van der Waals surface area contributed by atoms with Crippen LogP contribution in [0.2, 0.25) is 0 Å². The normalized spacial score (nSPS) is 16.5. The lowest BCUT2D eigenvalue weighted by atomic mass is 10.1. The van der Waals surface area contributed by atoms with Gasteiger partial charge in [-0.25, -0.2) is 9.78 Å². The maximum absolute atomic E-state index is 12.9. The molecule has 1 aliphatic rings. The Morgan fingerprint density at radius 3 is 2.77 bits per heavy atom. The van der Waals surface area contributed by atoms with Gasteiger partial charge in [0.15, 0.2) is 0 Å². The SMILES string of the molecule is COC(=O)c1cc2nn([C@H]3CCOC3)cc2cc1NC(=O)c1cccc(C(F)(F)F)n1. The number of rotatable bonds is 4. The summed E-state index contributed by atoms with van der Waals surface area (Å²) in [5.41, 5.74) is -1.04. The molecule has 1 saturated heterocycles. The molecule has 8 nitrogen and oxygen atoms in total. The zero-order chi connectivity index (χ0) is 22.2. The van der Waals surface area contributed by atoms with Crippen LogP contribution in [-0.4, -0.2) is 47.0 Å². The molecule has 3 heterocycles. The number of pyridine rings is 1. The van der Waals surface area contributed by atoms with Crippen molar-refractivity contribution in [3.63, 3.8) is 0 Å². The van der Waals surface area contributed by atoms with E-state index in [-0.39, 0.29) is 17.3 Å². The van der Waals surface area contributed by atoms with E-state index < -0.39 is 29.4 Å². The topological polar surface area (TPSA) is 95.3 Å². The summed E-state index contributed by atoms with van der Waals surface area (Å²) in [5.74, 6) is -1.62. The summed E-state index contributed by atoms with van der Waals surface area (Å²) in [5, 5.41) is 7.56. The molecule has 1 aliphatic heterocycles. The molecule has 4 rings (SSSR count).